The minimum Gasteiger partial charge on any atom is -0.477 e. The van der Waals surface area contributed by atoms with Crippen molar-refractivity contribution < 1.29 is 19.0 Å². The van der Waals surface area contributed by atoms with E-state index >= 15 is 0 Å². The van der Waals surface area contributed by atoms with Gasteiger partial charge in [-0.25, -0.2) is 9.18 Å². The van der Waals surface area contributed by atoms with Gasteiger partial charge in [-0.2, -0.15) is 0 Å². The van der Waals surface area contributed by atoms with Gasteiger partial charge in [0.05, 0.1) is 5.69 Å². The van der Waals surface area contributed by atoms with Crippen LogP contribution >= 0.6 is 0 Å². The molecular weight excluding hydrogens is 261 g/mol. The second-order valence-electron chi connectivity index (χ2n) is 4.52. The quantitative estimate of drug-likeness (QED) is 0.929. The monoisotopic (exact) mass is 275 g/mol. The lowest BCUT2D eigenvalue weighted by Gasteiger charge is -2.12. The van der Waals surface area contributed by atoms with Crippen LogP contribution in [0.15, 0.2) is 24.3 Å². The molecule has 0 unspecified atom stereocenters. The summed E-state index contributed by atoms with van der Waals surface area (Å²) in [6.45, 7) is 4.91. The molecular formula is C15H14FNO3. The van der Waals surface area contributed by atoms with Crippen molar-refractivity contribution in [3.8, 4) is 11.5 Å². The van der Waals surface area contributed by atoms with Crippen molar-refractivity contribution in [3.05, 3.63) is 52.6 Å². The lowest BCUT2D eigenvalue weighted by Crippen LogP contribution is -2.06. The number of aromatic carboxylic acids is 1. The first-order chi connectivity index (χ1) is 9.40. The van der Waals surface area contributed by atoms with Crippen molar-refractivity contribution in [2.75, 3.05) is 0 Å². The summed E-state index contributed by atoms with van der Waals surface area (Å²) in [6, 6.07) is 6.20. The molecule has 1 aromatic heterocycles. The van der Waals surface area contributed by atoms with Gasteiger partial charge in [0.1, 0.15) is 11.3 Å². The number of aromatic nitrogens is 1. The third kappa shape index (κ3) is 2.61. The van der Waals surface area contributed by atoms with Crippen LogP contribution in [0.2, 0.25) is 0 Å². The molecule has 0 atom stereocenters. The summed E-state index contributed by atoms with van der Waals surface area (Å²) in [5.74, 6) is -1.57. The number of hydrogen-bond acceptors (Lipinski definition) is 3. The first-order valence-corrected chi connectivity index (χ1v) is 6.04. The molecule has 1 heterocycles. The molecule has 2 rings (SSSR count). The van der Waals surface area contributed by atoms with E-state index in [1.54, 1.807) is 32.9 Å². The fourth-order valence-corrected chi connectivity index (χ4v) is 1.95. The van der Waals surface area contributed by atoms with Gasteiger partial charge in [0.25, 0.3) is 0 Å². The molecule has 1 N–H and O–H groups in total. The van der Waals surface area contributed by atoms with Gasteiger partial charge in [-0.1, -0.05) is 12.1 Å². The Kier molecular flexibility index (Phi) is 3.70. The van der Waals surface area contributed by atoms with Crippen LogP contribution in [0.4, 0.5) is 4.39 Å². The predicted octanol–water partition coefficient (Wildman–Crippen LogP) is 3.64. The molecule has 0 aliphatic carbocycles. The van der Waals surface area contributed by atoms with E-state index in [2.05, 4.69) is 4.98 Å². The van der Waals surface area contributed by atoms with E-state index in [0.29, 0.717) is 17.0 Å². The molecule has 0 radical (unpaired) electrons. The molecule has 104 valence electrons. The molecule has 0 aliphatic rings. The van der Waals surface area contributed by atoms with Crippen LogP contribution in [-0.2, 0) is 0 Å². The molecule has 20 heavy (non-hydrogen) atoms. The number of carboxylic acid groups (broad SMARTS) is 1. The van der Waals surface area contributed by atoms with Crippen LogP contribution in [0.3, 0.4) is 0 Å². The highest BCUT2D eigenvalue weighted by atomic mass is 19.1. The second-order valence-corrected chi connectivity index (χ2v) is 4.52. The molecule has 2 aromatic rings. The highest BCUT2D eigenvalue weighted by Crippen LogP contribution is 2.30. The summed E-state index contributed by atoms with van der Waals surface area (Å²) in [4.78, 5) is 15.4. The van der Waals surface area contributed by atoms with Crippen LogP contribution in [-0.4, -0.2) is 16.1 Å². The molecule has 0 spiro atoms. The van der Waals surface area contributed by atoms with Crippen molar-refractivity contribution in [3.63, 3.8) is 0 Å². The van der Waals surface area contributed by atoms with Crippen LogP contribution in [0.5, 0.6) is 11.5 Å². The molecule has 0 fully saturated rings. The number of halogens is 1. The molecule has 0 bridgehead atoms. The number of aryl methyl sites for hydroxylation is 3. The van der Waals surface area contributed by atoms with Gasteiger partial charge in [0.15, 0.2) is 11.6 Å². The highest BCUT2D eigenvalue weighted by molar-refractivity contribution is 5.92. The Labute approximate surface area is 115 Å². The van der Waals surface area contributed by atoms with E-state index in [-0.39, 0.29) is 17.1 Å². The zero-order valence-electron chi connectivity index (χ0n) is 11.4. The predicted molar refractivity (Wildman–Crippen MR) is 71.9 cm³/mol. The van der Waals surface area contributed by atoms with E-state index in [1.807, 2.05) is 0 Å². The second kappa shape index (κ2) is 5.28. The molecule has 0 aliphatic heterocycles. The van der Waals surface area contributed by atoms with Gasteiger partial charge in [0, 0.05) is 11.8 Å². The van der Waals surface area contributed by atoms with Gasteiger partial charge >= 0.3 is 5.97 Å². The van der Waals surface area contributed by atoms with E-state index in [1.165, 1.54) is 12.1 Å². The number of ether oxygens (including phenoxy) is 1. The van der Waals surface area contributed by atoms with Gasteiger partial charge < -0.3 is 9.84 Å². The van der Waals surface area contributed by atoms with Crippen molar-refractivity contribution >= 4 is 5.97 Å². The standard InChI is InChI=1S/C15H14FNO3/c1-8-5-4-6-11(14(8)16)20-12-7-9(2)17-10(3)13(12)15(18)19/h4-7H,1-3H3,(H,18,19). The lowest BCUT2D eigenvalue weighted by atomic mass is 10.1. The van der Waals surface area contributed by atoms with Gasteiger partial charge in [-0.15, -0.1) is 0 Å². The fraction of sp³-hybridized carbons (Fsp3) is 0.200. The number of hydrogen-bond donors (Lipinski definition) is 1. The number of carbonyl (C=O) groups is 1. The fourth-order valence-electron chi connectivity index (χ4n) is 1.95. The van der Waals surface area contributed by atoms with Crippen molar-refractivity contribution in [1.82, 2.24) is 4.98 Å². The Morgan fingerprint density at radius 1 is 1.25 bits per heavy atom. The summed E-state index contributed by atoms with van der Waals surface area (Å²) in [5.41, 5.74) is 1.31. The Bertz CT molecular complexity index is 683. The summed E-state index contributed by atoms with van der Waals surface area (Å²) in [7, 11) is 0. The lowest BCUT2D eigenvalue weighted by molar-refractivity contribution is 0.0692. The van der Waals surface area contributed by atoms with E-state index < -0.39 is 11.8 Å². The number of rotatable bonds is 3. The minimum absolute atomic E-state index is 0.00231. The number of benzene rings is 1. The third-order valence-corrected chi connectivity index (χ3v) is 2.88. The average molecular weight is 275 g/mol. The third-order valence-electron chi connectivity index (χ3n) is 2.88. The molecule has 1 aromatic carbocycles. The van der Waals surface area contributed by atoms with Crippen molar-refractivity contribution in [2.24, 2.45) is 0 Å². The maximum atomic E-state index is 13.9. The van der Waals surface area contributed by atoms with Crippen LogP contribution in [0.1, 0.15) is 27.3 Å². The summed E-state index contributed by atoms with van der Waals surface area (Å²) < 4.78 is 19.4. The highest BCUT2D eigenvalue weighted by Gasteiger charge is 2.18. The summed E-state index contributed by atoms with van der Waals surface area (Å²) in [6.07, 6.45) is 0. The molecule has 0 amide bonds. The Morgan fingerprint density at radius 2 is 1.95 bits per heavy atom. The molecule has 0 saturated heterocycles. The van der Waals surface area contributed by atoms with Gasteiger partial charge in [0.2, 0.25) is 0 Å². The Hall–Kier alpha value is -2.43. The van der Waals surface area contributed by atoms with Crippen molar-refractivity contribution in [2.45, 2.75) is 20.8 Å². The largest absolute Gasteiger partial charge is 0.477 e. The molecule has 5 heteroatoms. The zero-order chi connectivity index (χ0) is 14.9. The zero-order valence-corrected chi connectivity index (χ0v) is 11.4. The average Bonchev–Trinajstić information content (AvgIpc) is 2.33. The van der Waals surface area contributed by atoms with E-state index in [4.69, 9.17) is 4.74 Å². The first kappa shape index (κ1) is 14.0. The summed E-state index contributed by atoms with van der Waals surface area (Å²) in [5, 5.41) is 9.23. The maximum Gasteiger partial charge on any atom is 0.341 e. The smallest absolute Gasteiger partial charge is 0.341 e. The number of pyridine rings is 1. The molecule has 0 saturated carbocycles. The number of nitrogens with zero attached hydrogens (tertiary/aromatic N) is 1. The molecule has 4 nitrogen and oxygen atoms in total. The maximum absolute atomic E-state index is 13.9. The van der Waals surface area contributed by atoms with Crippen LogP contribution < -0.4 is 4.74 Å². The van der Waals surface area contributed by atoms with Crippen molar-refractivity contribution in [1.29, 1.82) is 0 Å². The Balaban J connectivity index is 2.53. The van der Waals surface area contributed by atoms with Gasteiger partial charge in [-0.3, -0.25) is 4.98 Å². The SMILES string of the molecule is Cc1cc(Oc2cccc(C)c2F)c(C(=O)O)c(C)n1. The topological polar surface area (TPSA) is 59.4 Å². The normalized spacial score (nSPS) is 10.4. The van der Waals surface area contributed by atoms with Crippen LogP contribution in [0.25, 0.3) is 0 Å². The van der Waals surface area contributed by atoms with E-state index in [9.17, 15) is 14.3 Å². The minimum atomic E-state index is -1.15. The Morgan fingerprint density at radius 3 is 2.60 bits per heavy atom. The summed E-state index contributed by atoms with van der Waals surface area (Å²) >= 11 is 0. The van der Waals surface area contributed by atoms with Crippen LogP contribution in [0, 0.1) is 26.6 Å². The van der Waals surface area contributed by atoms with E-state index in [0.717, 1.165) is 0 Å². The first-order valence-electron chi connectivity index (χ1n) is 6.04. The number of carboxylic acids is 1. The van der Waals surface area contributed by atoms with Gasteiger partial charge in [-0.05, 0) is 32.4 Å².